The lowest BCUT2D eigenvalue weighted by Gasteiger charge is -2.34. The number of rotatable bonds is 11. The molecule has 0 aliphatic rings. The molecule has 7 heteroatoms. The van der Waals surface area contributed by atoms with Gasteiger partial charge >= 0.3 is 0 Å². The van der Waals surface area contributed by atoms with Crippen LogP contribution in [0, 0.1) is 0 Å². The van der Waals surface area contributed by atoms with Gasteiger partial charge in [0.15, 0.2) is 0 Å². The van der Waals surface area contributed by atoms with Crippen molar-refractivity contribution in [3.8, 4) is 0 Å². The summed E-state index contributed by atoms with van der Waals surface area (Å²) in [4.78, 5) is 43.5. The van der Waals surface area contributed by atoms with Crippen LogP contribution >= 0.6 is 0 Å². The topological polar surface area (TPSA) is 95.7 Å². The standard InChI is InChI=1S/C33H42N4O3/c1-23(22-33(2,3)34)18-30(38)36(5)29(21-25-16-17-26-14-10-11-15-27(26)19-25)32(40)37(6)28(31(39)35-4)20-24-12-8-7-9-13-24/h7-19,28-29H,20-22,34H2,1-6H3,(H,35,39). The van der Waals surface area contributed by atoms with Gasteiger partial charge in [-0.25, -0.2) is 0 Å². The number of nitrogens with one attached hydrogen (secondary N) is 1. The van der Waals surface area contributed by atoms with Crippen LogP contribution in [0.4, 0.5) is 0 Å². The third-order valence-electron chi connectivity index (χ3n) is 7.08. The summed E-state index contributed by atoms with van der Waals surface area (Å²) in [5.74, 6) is -0.855. The van der Waals surface area contributed by atoms with E-state index in [1.165, 1.54) is 9.80 Å². The van der Waals surface area contributed by atoms with Crippen LogP contribution in [-0.2, 0) is 27.2 Å². The van der Waals surface area contributed by atoms with Gasteiger partial charge in [0.2, 0.25) is 17.7 Å². The molecule has 3 amide bonds. The second-order valence-electron chi connectivity index (χ2n) is 11.3. The summed E-state index contributed by atoms with van der Waals surface area (Å²) in [5.41, 5.74) is 8.40. The molecule has 0 saturated carbocycles. The van der Waals surface area contributed by atoms with Crippen LogP contribution < -0.4 is 11.1 Å². The first-order valence-corrected chi connectivity index (χ1v) is 13.6. The van der Waals surface area contributed by atoms with E-state index in [0.29, 0.717) is 19.3 Å². The summed E-state index contributed by atoms with van der Waals surface area (Å²) in [6.07, 6.45) is 2.76. The lowest BCUT2D eigenvalue weighted by molar-refractivity contribution is -0.146. The molecular weight excluding hydrogens is 500 g/mol. The van der Waals surface area contributed by atoms with E-state index in [0.717, 1.165) is 27.5 Å². The second-order valence-corrected chi connectivity index (χ2v) is 11.3. The Hall–Kier alpha value is -3.97. The molecule has 212 valence electrons. The van der Waals surface area contributed by atoms with E-state index >= 15 is 0 Å². The van der Waals surface area contributed by atoms with Crippen molar-refractivity contribution in [2.75, 3.05) is 21.1 Å². The molecule has 3 aromatic carbocycles. The summed E-state index contributed by atoms with van der Waals surface area (Å²) in [5, 5.41) is 4.85. The molecule has 3 rings (SSSR count). The molecule has 0 aliphatic heterocycles. The molecule has 40 heavy (non-hydrogen) atoms. The molecule has 3 aromatic rings. The number of likely N-dealkylation sites (N-methyl/N-ethyl adjacent to an activating group) is 3. The van der Waals surface area contributed by atoms with Gasteiger partial charge in [-0.05, 0) is 49.1 Å². The van der Waals surface area contributed by atoms with Crippen molar-refractivity contribution in [1.29, 1.82) is 0 Å². The fourth-order valence-corrected chi connectivity index (χ4v) is 5.01. The van der Waals surface area contributed by atoms with Gasteiger partial charge in [0.25, 0.3) is 0 Å². The maximum Gasteiger partial charge on any atom is 0.246 e. The average molecular weight is 543 g/mol. The molecule has 0 aliphatic carbocycles. The molecule has 2 unspecified atom stereocenters. The molecule has 0 spiro atoms. The molecule has 0 bridgehead atoms. The molecule has 0 aromatic heterocycles. The molecule has 0 saturated heterocycles. The molecule has 0 radical (unpaired) electrons. The monoisotopic (exact) mass is 542 g/mol. The quantitative estimate of drug-likeness (QED) is 0.357. The predicted molar refractivity (Wildman–Crippen MR) is 162 cm³/mol. The zero-order valence-electron chi connectivity index (χ0n) is 24.5. The summed E-state index contributed by atoms with van der Waals surface area (Å²) in [7, 11) is 4.84. The first-order valence-electron chi connectivity index (χ1n) is 13.6. The van der Waals surface area contributed by atoms with Gasteiger partial charge in [0.05, 0.1) is 0 Å². The van der Waals surface area contributed by atoms with Crippen molar-refractivity contribution in [3.05, 3.63) is 95.6 Å². The molecular formula is C33H42N4O3. The lowest BCUT2D eigenvalue weighted by atomic mass is 9.96. The van der Waals surface area contributed by atoms with Gasteiger partial charge in [-0.15, -0.1) is 0 Å². The Morgan fingerprint density at radius 3 is 2.08 bits per heavy atom. The van der Waals surface area contributed by atoms with Crippen molar-refractivity contribution in [3.63, 3.8) is 0 Å². The van der Waals surface area contributed by atoms with Crippen molar-refractivity contribution >= 4 is 28.5 Å². The number of nitrogens with zero attached hydrogens (tertiary/aromatic N) is 2. The number of hydrogen-bond acceptors (Lipinski definition) is 4. The van der Waals surface area contributed by atoms with Gasteiger partial charge in [-0.3, -0.25) is 14.4 Å². The highest BCUT2D eigenvalue weighted by Crippen LogP contribution is 2.21. The fourth-order valence-electron chi connectivity index (χ4n) is 5.01. The van der Waals surface area contributed by atoms with Crippen LogP contribution in [0.25, 0.3) is 10.8 Å². The number of carbonyl (C=O) groups excluding carboxylic acids is 3. The summed E-state index contributed by atoms with van der Waals surface area (Å²) < 4.78 is 0. The minimum Gasteiger partial charge on any atom is -0.357 e. The van der Waals surface area contributed by atoms with Gasteiger partial charge in [0.1, 0.15) is 12.1 Å². The Bertz CT molecular complexity index is 1360. The second kappa shape index (κ2) is 13.4. The number of fused-ring (bicyclic) bond motifs is 1. The number of nitrogens with two attached hydrogens (primary N) is 1. The molecule has 0 fully saturated rings. The zero-order valence-corrected chi connectivity index (χ0v) is 24.5. The van der Waals surface area contributed by atoms with Crippen molar-refractivity contribution in [1.82, 2.24) is 15.1 Å². The van der Waals surface area contributed by atoms with Crippen LogP contribution in [0.2, 0.25) is 0 Å². The first kappa shape index (κ1) is 30.6. The SMILES string of the molecule is CNC(=O)C(Cc1ccccc1)N(C)C(=O)C(Cc1ccc2ccccc2c1)N(C)C(=O)C=C(C)CC(C)(C)N. The van der Waals surface area contributed by atoms with Gasteiger partial charge < -0.3 is 20.9 Å². The summed E-state index contributed by atoms with van der Waals surface area (Å²) in [6, 6.07) is 22.1. The Labute approximate surface area is 238 Å². The van der Waals surface area contributed by atoms with Crippen LogP contribution in [-0.4, -0.2) is 66.3 Å². The van der Waals surface area contributed by atoms with Crippen LogP contribution in [0.3, 0.4) is 0 Å². The van der Waals surface area contributed by atoms with Crippen LogP contribution in [0.5, 0.6) is 0 Å². The Morgan fingerprint density at radius 1 is 0.850 bits per heavy atom. The fraction of sp³-hybridized carbons (Fsp3) is 0.364. The Kier molecular flexibility index (Phi) is 10.2. The highest BCUT2D eigenvalue weighted by Gasteiger charge is 2.34. The van der Waals surface area contributed by atoms with Crippen molar-refractivity contribution in [2.45, 2.75) is 57.7 Å². The van der Waals surface area contributed by atoms with E-state index < -0.39 is 17.6 Å². The van der Waals surface area contributed by atoms with Gasteiger partial charge in [-0.1, -0.05) is 78.4 Å². The Balaban J connectivity index is 1.96. The number of amides is 3. The maximum absolute atomic E-state index is 14.1. The molecule has 7 nitrogen and oxygen atoms in total. The van der Waals surface area contributed by atoms with Crippen molar-refractivity contribution < 1.29 is 14.4 Å². The predicted octanol–water partition coefficient (Wildman–Crippen LogP) is 4.10. The molecule has 2 atom stereocenters. The third kappa shape index (κ3) is 8.26. The largest absolute Gasteiger partial charge is 0.357 e. The minimum absolute atomic E-state index is 0.265. The Morgan fingerprint density at radius 2 is 1.45 bits per heavy atom. The lowest BCUT2D eigenvalue weighted by Crippen LogP contribution is -2.55. The van der Waals surface area contributed by atoms with E-state index in [-0.39, 0.29) is 17.7 Å². The zero-order chi connectivity index (χ0) is 29.4. The maximum atomic E-state index is 14.1. The van der Waals surface area contributed by atoms with Gasteiger partial charge in [0, 0.05) is 45.6 Å². The first-order chi connectivity index (χ1) is 18.9. The smallest absolute Gasteiger partial charge is 0.246 e. The highest BCUT2D eigenvalue weighted by atomic mass is 16.2. The number of carbonyl (C=O) groups is 3. The number of benzene rings is 3. The van der Waals surface area contributed by atoms with Gasteiger partial charge in [-0.2, -0.15) is 0 Å². The van der Waals surface area contributed by atoms with E-state index in [1.807, 2.05) is 93.6 Å². The van der Waals surface area contributed by atoms with Crippen LogP contribution in [0.15, 0.2) is 84.4 Å². The van der Waals surface area contributed by atoms with Crippen LogP contribution in [0.1, 0.15) is 38.3 Å². The summed E-state index contributed by atoms with van der Waals surface area (Å²) in [6.45, 7) is 5.69. The summed E-state index contributed by atoms with van der Waals surface area (Å²) >= 11 is 0. The third-order valence-corrected chi connectivity index (χ3v) is 7.08. The normalized spacial score (nSPS) is 13.4. The van der Waals surface area contributed by atoms with Crippen molar-refractivity contribution in [2.24, 2.45) is 5.73 Å². The highest BCUT2D eigenvalue weighted by molar-refractivity contribution is 5.95. The van der Waals surface area contributed by atoms with E-state index in [9.17, 15) is 14.4 Å². The molecule has 0 heterocycles. The van der Waals surface area contributed by atoms with E-state index in [1.54, 1.807) is 27.2 Å². The minimum atomic E-state index is -0.823. The average Bonchev–Trinajstić information content (AvgIpc) is 2.92. The van der Waals surface area contributed by atoms with E-state index in [2.05, 4.69) is 5.32 Å². The molecule has 3 N–H and O–H groups in total. The number of hydrogen-bond donors (Lipinski definition) is 2. The van der Waals surface area contributed by atoms with E-state index in [4.69, 9.17) is 5.73 Å².